The van der Waals surface area contributed by atoms with Gasteiger partial charge in [0.2, 0.25) is 5.88 Å². The zero-order valence-corrected chi connectivity index (χ0v) is 15.5. The van der Waals surface area contributed by atoms with Crippen LogP contribution >= 0.6 is 0 Å². The van der Waals surface area contributed by atoms with E-state index in [9.17, 15) is 23.1 Å². The van der Waals surface area contributed by atoms with E-state index in [-0.39, 0.29) is 22.5 Å². The molecule has 0 saturated carbocycles. The van der Waals surface area contributed by atoms with Gasteiger partial charge in [0.1, 0.15) is 5.76 Å². The van der Waals surface area contributed by atoms with E-state index in [4.69, 9.17) is 4.52 Å². The van der Waals surface area contributed by atoms with Crippen LogP contribution in [0.15, 0.2) is 68.9 Å². The number of aliphatic imine (C=N–C) groups is 1. The summed E-state index contributed by atoms with van der Waals surface area (Å²) in [5.74, 6) is 0.236. The number of nitrogens with zero attached hydrogens (tertiary/aromatic N) is 3. The average Bonchev–Trinajstić information content (AvgIpc) is 3.13. The third-order valence-corrected chi connectivity index (χ3v) is 4.48. The summed E-state index contributed by atoms with van der Waals surface area (Å²) in [4.78, 5) is 17.1. The van der Waals surface area contributed by atoms with Gasteiger partial charge in [-0.1, -0.05) is 29.4 Å². The van der Waals surface area contributed by atoms with Crippen molar-refractivity contribution in [3.8, 4) is 11.6 Å². The molecule has 2 aromatic heterocycles. The number of pyridine rings is 1. The Morgan fingerprint density at radius 2 is 1.83 bits per heavy atom. The Balaban J connectivity index is 1.98. The van der Waals surface area contributed by atoms with Crippen molar-refractivity contribution < 1.29 is 22.8 Å². The molecule has 2 aromatic carbocycles. The van der Waals surface area contributed by atoms with Gasteiger partial charge in [0.25, 0.3) is 5.56 Å². The van der Waals surface area contributed by atoms with Crippen LogP contribution in [0.5, 0.6) is 5.88 Å². The van der Waals surface area contributed by atoms with Gasteiger partial charge in [0.15, 0.2) is 5.82 Å². The van der Waals surface area contributed by atoms with E-state index in [0.29, 0.717) is 11.1 Å². The molecule has 2 heterocycles. The van der Waals surface area contributed by atoms with Crippen molar-refractivity contribution in [1.82, 2.24) is 9.72 Å². The van der Waals surface area contributed by atoms with Crippen LogP contribution < -0.4 is 5.56 Å². The predicted octanol–water partition coefficient (Wildman–Crippen LogP) is 4.76. The van der Waals surface area contributed by atoms with Gasteiger partial charge in [0.05, 0.1) is 16.8 Å². The van der Waals surface area contributed by atoms with Crippen molar-refractivity contribution in [3.05, 3.63) is 81.8 Å². The summed E-state index contributed by atoms with van der Waals surface area (Å²) < 4.78 is 45.2. The van der Waals surface area contributed by atoms with E-state index in [0.717, 1.165) is 16.7 Å². The zero-order valence-electron chi connectivity index (χ0n) is 15.5. The van der Waals surface area contributed by atoms with E-state index in [2.05, 4.69) is 10.1 Å². The van der Waals surface area contributed by atoms with Gasteiger partial charge in [0, 0.05) is 23.1 Å². The van der Waals surface area contributed by atoms with Crippen LogP contribution in [0.2, 0.25) is 0 Å². The number of aryl methyl sites for hydroxylation is 1. The van der Waals surface area contributed by atoms with Gasteiger partial charge in [-0.25, -0.2) is 9.56 Å². The molecule has 0 radical (unpaired) electrons. The Morgan fingerprint density at radius 1 is 1.10 bits per heavy atom. The fraction of sp³-hybridized carbons (Fsp3) is 0.0952. The van der Waals surface area contributed by atoms with Gasteiger partial charge in [-0.15, -0.1) is 0 Å². The zero-order chi connectivity index (χ0) is 21.5. The quantitative estimate of drug-likeness (QED) is 0.491. The molecular weight excluding hydrogens is 399 g/mol. The highest BCUT2D eigenvalue weighted by atomic mass is 19.4. The van der Waals surface area contributed by atoms with E-state index in [1.165, 1.54) is 24.4 Å². The summed E-state index contributed by atoms with van der Waals surface area (Å²) in [5.41, 5.74) is -1.56. The fourth-order valence-electron chi connectivity index (χ4n) is 3.09. The number of aromatic nitrogens is 2. The van der Waals surface area contributed by atoms with Gasteiger partial charge in [-0.05, 0) is 31.2 Å². The molecule has 0 aliphatic heterocycles. The van der Waals surface area contributed by atoms with E-state index in [1.807, 2.05) is 0 Å². The maximum Gasteiger partial charge on any atom is 0.416 e. The molecule has 152 valence electrons. The van der Waals surface area contributed by atoms with Crippen LogP contribution in [0.4, 0.5) is 19.0 Å². The Hall–Kier alpha value is -3.88. The highest BCUT2D eigenvalue weighted by molar-refractivity contribution is 6.02. The second kappa shape index (κ2) is 7.18. The minimum atomic E-state index is -4.60. The lowest BCUT2D eigenvalue weighted by molar-refractivity contribution is -0.137. The molecule has 0 fully saturated rings. The number of hydrogen-bond donors (Lipinski definition) is 1. The summed E-state index contributed by atoms with van der Waals surface area (Å²) in [7, 11) is 0. The maximum atomic E-state index is 13.1. The molecule has 6 nitrogen and oxygen atoms in total. The molecule has 0 bridgehead atoms. The number of fused-ring (bicyclic) bond motifs is 1. The lowest BCUT2D eigenvalue weighted by Crippen LogP contribution is -2.20. The Bertz CT molecular complexity index is 1340. The fourth-order valence-corrected chi connectivity index (χ4v) is 3.09. The minimum absolute atomic E-state index is 0.120. The summed E-state index contributed by atoms with van der Waals surface area (Å²) in [6.45, 7) is 1.69. The molecule has 1 N–H and O–H groups in total. The van der Waals surface area contributed by atoms with Crippen LogP contribution in [-0.4, -0.2) is 21.0 Å². The highest BCUT2D eigenvalue weighted by Gasteiger charge is 2.31. The summed E-state index contributed by atoms with van der Waals surface area (Å²) in [5, 5.41) is 15.2. The van der Waals surface area contributed by atoms with Crippen LogP contribution in [0.25, 0.3) is 16.5 Å². The predicted molar refractivity (Wildman–Crippen MR) is 105 cm³/mol. The van der Waals surface area contributed by atoms with Gasteiger partial charge < -0.3 is 9.63 Å². The van der Waals surface area contributed by atoms with Crippen LogP contribution in [0, 0.1) is 6.92 Å². The highest BCUT2D eigenvalue weighted by Crippen LogP contribution is 2.32. The molecule has 0 saturated heterocycles. The molecule has 0 atom stereocenters. The monoisotopic (exact) mass is 413 g/mol. The largest absolute Gasteiger partial charge is 0.494 e. The second-order valence-electron chi connectivity index (χ2n) is 6.53. The number of alkyl halides is 3. The first-order valence-electron chi connectivity index (χ1n) is 8.77. The Morgan fingerprint density at radius 3 is 2.50 bits per heavy atom. The molecule has 0 aliphatic carbocycles. The summed E-state index contributed by atoms with van der Waals surface area (Å²) in [6, 6.07) is 12.2. The molecule has 0 unspecified atom stereocenters. The smallest absolute Gasteiger partial charge is 0.416 e. The van der Waals surface area contributed by atoms with Gasteiger partial charge in [-0.3, -0.25) is 4.79 Å². The molecule has 30 heavy (non-hydrogen) atoms. The van der Waals surface area contributed by atoms with Crippen LogP contribution in [-0.2, 0) is 6.18 Å². The molecule has 0 spiro atoms. The molecule has 4 aromatic rings. The van der Waals surface area contributed by atoms with E-state index in [1.54, 1.807) is 31.2 Å². The standard InChI is InChI=1S/C21H14F3N3O3/c1-12-9-18(26-30-12)25-11-17-15-7-2-3-8-16(15)19(28)27(20(17)29)14-6-4-5-13(10-14)21(22,23)24/h2-11,29H,1H3. The Kier molecular flexibility index (Phi) is 4.65. The first-order chi connectivity index (χ1) is 14.3. The van der Waals surface area contributed by atoms with E-state index >= 15 is 0 Å². The molecular formula is C21H14F3N3O3. The second-order valence-corrected chi connectivity index (χ2v) is 6.53. The molecule has 0 amide bonds. The third kappa shape index (κ3) is 3.45. The van der Waals surface area contributed by atoms with Crippen molar-refractivity contribution in [2.75, 3.05) is 0 Å². The first kappa shape index (κ1) is 19.4. The van der Waals surface area contributed by atoms with Crippen molar-refractivity contribution in [1.29, 1.82) is 0 Å². The lowest BCUT2D eigenvalue weighted by Gasteiger charge is -2.15. The van der Waals surface area contributed by atoms with Crippen molar-refractivity contribution in [2.24, 2.45) is 4.99 Å². The molecule has 9 heteroatoms. The van der Waals surface area contributed by atoms with Crippen LogP contribution in [0.3, 0.4) is 0 Å². The number of benzene rings is 2. The van der Waals surface area contributed by atoms with Gasteiger partial charge in [-0.2, -0.15) is 13.2 Å². The number of halogens is 3. The lowest BCUT2D eigenvalue weighted by atomic mass is 10.1. The average molecular weight is 413 g/mol. The van der Waals surface area contributed by atoms with Crippen molar-refractivity contribution in [2.45, 2.75) is 13.1 Å². The van der Waals surface area contributed by atoms with Crippen LogP contribution in [0.1, 0.15) is 16.9 Å². The van der Waals surface area contributed by atoms with E-state index < -0.39 is 23.2 Å². The topological polar surface area (TPSA) is 80.6 Å². The Labute approximate surface area is 167 Å². The van der Waals surface area contributed by atoms with Gasteiger partial charge >= 0.3 is 6.18 Å². The third-order valence-electron chi connectivity index (χ3n) is 4.48. The normalized spacial score (nSPS) is 12.1. The van der Waals surface area contributed by atoms with Crippen molar-refractivity contribution in [3.63, 3.8) is 0 Å². The maximum absolute atomic E-state index is 13.1. The van der Waals surface area contributed by atoms with Crippen molar-refractivity contribution >= 4 is 22.8 Å². The SMILES string of the molecule is Cc1cc(N=Cc2c(O)n(-c3cccc(C(F)(F)F)c3)c(=O)c3ccccc23)no1. The number of rotatable bonds is 3. The number of hydrogen-bond acceptors (Lipinski definition) is 5. The summed E-state index contributed by atoms with van der Waals surface area (Å²) in [6.07, 6.45) is -3.31. The first-order valence-corrected chi connectivity index (χ1v) is 8.77. The summed E-state index contributed by atoms with van der Waals surface area (Å²) >= 11 is 0. The molecule has 0 aliphatic rings. The number of aromatic hydroxyl groups is 1. The molecule has 4 rings (SSSR count). The minimum Gasteiger partial charge on any atom is -0.494 e.